The van der Waals surface area contributed by atoms with E-state index >= 15 is 0 Å². The van der Waals surface area contributed by atoms with Crippen molar-refractivity contribution in [2.75, 3.05) is 0 Å². The first kappa shape index (κ1) is 14.1. The Hall–Kier alpha value is -1.90. The molecule has 0 fully saturated rings. The molecule has 2 N–H and O–H groups in total. The van der Waals surface area contributed by atoms with E-state index in [2.05, 4.69) is 11.1 Å². The van der Waals surface area contributed by atoms with Gasteiger partial charge in [0.15, 0.2) is 0 Å². The zero-order chi connectivity index (χ0) is 14.9. The van der Waals surface area contributed by atoms with Gasteiger partial charge in [-0.3, -0.25) is 4.98 Å². The molecule has 0 aliphatic rings. The summed E-state index contributed by atoms with van der Waals surface area (Å²) in [7, 11) is 0. The maximum absolute atomic E-state index is 6.55. The quantitative estimate of drug-likeness (QED) is 0.782. The van der Waals surface area contributed by atoms with Gasteiger partial charge in [0, 0.05) is 22.1 Å². The third-order valence-electron chi connectivity index (χ3n) is 3.78. The summed E-state index contributed by atoms with van der Waals surface area (Å²) in [4.78, 5) is 4.40. The van der Waals surface area contributed by atoms with Crippen LogP contribution in [-0.4, -0.2) is 4.98 Å². The minimum atomic E-state index is -0.477. The number of nitrogens with zero attached hydrogens (tertiary/aromatic N) is 1. The highest BCUT2D eigenvalue weighted by Gasteiger charge is 2.23. The highest BCUT2D eigenvalue weighted by atomic mass is 35.5. The molecule has 0 spiro atoms. The predicted molar refractivity (Wildman–Crippen MR) is 88.4 cm³/mol. The van der Waals surface area contributed by atoms with Crippen molar-refractivity contribution < 1.29 is 0 Å². The lowest BCUT2D eigenvalue weighted by Gasteiger charge is -2.26. The SMILES string of the molecule is CC(N)(Cc1ccnc2ccccc12)c1cccc(Cl)c1. The molecule has 3 aromatic rings. The molecule has 2 nitrogen and oxygen atoms in total. The number of rotatable bonds is 3. The summed E-state index contributed by atoms with van der Waals surface area (Å²) in [5.74, 6) is 0. The molecule has 0 aliphatic carbocycles. The molecule has 1 atom stereocenters. The van der Waals surface area contributed by atoms with Gasteiger partial charge in [0.1, 0.15) is 0 Å². The zero-order valence-electron chi connectivity index (χ0n) is 11.9. The molecule has 0 radical (unpaired) electrons. The average molecular weight is 297 g/mol. The van der Waals surface area contributed by atoms with Crippen molar-refractivity contribution in [3.63, 3.8) is 0 Å². The Morgan fingerprint density at radius 2 is 1.90 bits per heavy atom. The number of hydrogen-bond acceptors (Lipinski definition) is 2. The molecule has 0 bridgehead atoms. The van der Waals surface area contributed by atoms with Gasteiger partial charge in [-0.05, 0) is 48.7 Å². The summed E-state index contributed by atoms with van der Waals surface area (Å²) in [5.41, 5.74) is 9.31. The van der Waals surface area contributed by atoms with Gasteiger partial charge in [0.25, 0.3) is 0 Å². The number of hydrogen-bond donors (Lipinski definition) is 1. The van der Waals surface area contributed by atoms with Crippen molar-refractivity contribution in [1.82, 2.24) is 4.98 Å². The van der Waals surface area contributed by atoms with Gasteiger partial charge in [0.05, 0.1) is 5.52 Å². The number of fused-ring (bicyclic) bond motifs is 1. The van der Waals surface area contributed by atoms with E-state index in [-0.39, 0.29) is 0 Å². The van der Waals surface area contributed by atoms with E-state index in [0.29, 0.717) is 5.02 Å². The largest absolute Gasteiger partial charge is 0.321 e. The van der Waals surface area contributed by atoms with Crippen molar-refractivity contribution >= 4 is 22.5 Å². The number of para-hydroxylation sites is 1. The second-order valence-corrected chi connectivity index (χ2v) is 6.03. The number of halogens is 1. The monoisotopic (exact) mass is 296 g/mol. The lowest BCUT2D eigenvalue weighted by Crippen LogP contribution is -2.35. The minimum Gasteiger partial charge on any atom is -0.321 e. The lowest BCUT2D eigenvalue weighted by atomic mass is 9.86. The van der Waals surface area contributed by atoms with E-state index in [4.69, 9.17) is 17.3 Å². The van der Waals surface area contributed by atoms with Crippen molar-refractivity contribution in [3.8, 4) is 0 Å². The third-order valence-corrected chi connectivity index (χ3v) is 4.02. The van der Waals surface area contributed by atoms with Gasteiger partial charge in [-0.25, -0.2) is 0 Å². The Morgan fingerprint density at radius 1 is 1.10 bits per heavy atom. The van der Waals surface area contributed by atoms with E-state index in [1.807, 2.05) is 61.7 Å². The van der Waals surface area contributed by atoms with E-state index in [1.54, 1.807) is 0 Å². The smallest absolute Gasteiger partial charge is 0.0704 e. The first-order valence-electron chi connectivity index (χ1n) is 6.94. The van der Waals surface area contributed by atoms with Crippen LogP contribution < -0.4 is 5.73 Å². The molecule has 3 heteroatoms. The Labute approximate surface area is 129 Å². The number of aromatic nitrogens is 1. The molecule has 0 aliphatic heterocycles. The summed E-state index contributed by atoms with van der Waals surface area (Å²) in [6.45, 7) is 2.04. The van der Waals surface area contributed by atoms with Crippen LogP contribution in [0.2, 0.25) is 5.02 Å². The molecule has 1 heterocycles. The minimum absolute atomic E-state index is 0.477. The fourth-order valence-electron chi connectivity index (χ4n) is 2.65. The Balaban J connectivity index is 2.01. The van der Waals surface area contributed by atoms with Gasteiger partial charge >= 0.3 is 0 Å². The van der Waals surface area contributed by atoms with Crippen LogP contribution in [0.5, 0.6) is 0 Å². The van der Waals surface area contributed by atoms with Crippen molar-refractivity contribution in [2.45, 2.75) is 18.9 Å². The van der Waals surface area contributed by atoms with E-state index in [9.17, 15) is 0 Å². The van der Waals surface area contributed by atoms with Gasteiger partial charge in [-0.15, -0.1) is 0 Å². The summed E-state index contributed by atoms with van der Waals surface area (Å²) in [5, 5.41) is 1.86. The molecule has 2 aromatic carbocycles. The molecule has 106 valence electrons. The van der Waals surface area contributed by atoms with Gasteiger partial charge in [-0.1, -0.05) is 41.9 Å². The molecule has 0 saturated carbocycles. The molecule has 1 aromatic heterocycles. The van der Waals surface area contributed by atoms with Crippen molar-refractivity contribution in [3.05, 3.63) is 76.9 Å². The molecule has 21 heavy (non-hydrogen) atoms. The average Bonchev–Trinajstić information content (AvgIpc) is 2.47. The third kappa shape index (κ3) is 2.92. The summed E-state index contributed by atoms with van der Waals surface area (Å²) in [6, 6.07) is 17.9. The Morgan fingerprint density at radius 3 is 2.71 bits per heavy atom. The first-order valence-corrected chi connectivity index (χ1v) is 7.32. The maximum atomic E-state index is 6.55. The van der Waals surface area contributed by atoms with Crippen LogP contribution >= 0.6 is 11.6 Å². The van der Waals surface area contributed by atoms with E-state index in [0.717, 1.165) is 22.9 Å². The summed E-state index contributed by atoms with van der Waals surface area (Å²) < 4.78 is 0. The molecule has 3 rings (SSSR count). The topological polar surface area (TPSA) is 38.9 Å². The second-order valence-electron chi connectivity index (χ2n) is 5.59. The van der Waals surface area contributed by atoms with Crippen LogP contribution in [0.15, 0.2) is 60.8 Å². The molecular weight excluding hydrogens is 280 g/mol. The maximum Gasteiger partial charge on any atom is 0.0704 e. The fraction of sp³-hybridized carbons (Fsp3) is 0.167. The predicted octanol–water partition coefficient (Wildman–Crippen LogP) is 4.30. The van der Waals surface area contributed by atoms with Crippen molar-refractivity contribution in [1.29, 1.82) is 0 Å². The highest BCUT2D eigenvalue weighted by molar-refractivity contribution is 6.30. The van der Waals surface area contributed by atoms with Gasteiger partial charge in [-0.2, -0.15) is 0 Å². The van der Waals surface area contributed by atoms with Crippen LogP contribution in [0.25, 0.3) is 10.9 Å². The van der Waals surface area contributed by atoms with Crippen LogP contribution in [-0.2, 0) is 12.0 Å². The lowest BCUT2D eigenvalue weighted by molar-refractivity contribution is 0.493. The van der Waals surface area contributed by atoms with Gasteiger partial charge in [0.2, 0.25) is 0 Å². The molecule has 1 unspecified atom stereocenters. The number of pyridine rings is 1. The zero-order valence-corrected chi connectivity index (χ0v) is 12.6. The summed E-state index contributed by atoms with van der Waals surface area (Å²) >= 11 is 6.08. The first-order chi connectivity index (χ1) is 10.1. The summed E-state index contributed by atoms with van der Waals surface area (Å²) in [6.07, 6.45) is 2.57. The van der Waals surface area contributed by atoms with Crippen LogP contribution in [0.1, 0.15) is 18.1 Å². The highest BCUT2D eigenvalue weighted by Crippen LogP contribution is 2.27. The van der Waals surface area contributed by atoms with E-state index < -0.39 is 5.54 Å². The van der Waals surface area contributed by atoms with Crippen LogP contribution in [0.3, 0.4) is 0 Å². The van der Waals surface area contributed by atoms with Crippen LogP contribution in [0.4, 0.5) is 0 Å². The Kier molecular flexibility index (Phi) is 3.66. The molecule has 0 amide bonds. The van der Waals surface area contributed by atoms with Crippen LogP contribution in [0, 0.1) is 0 Å². The standard InChI is InChI=1S/C18H17ClN2/c1-18(20,14-5-4-6-15(19)11-14)12-13-9-10-21-17-8-3-2-7-16(13)17/h2-11H,12,20H2,1H3. The second kappa shape index (κ2) is 5.47. The van der Waals surface area contributed by atoms with E-state index in [1.165, 1.54) is 5.56 Å². The molecule has 0 saturated heterocycles. The van der Waals surface area contributed by atoms with Gasteiger partial charge < -0.3 is 5.73 Å². The van der Waals surface area contributed by atoms with Crippen molar-refractivity contribution in [2.24, 2.45) is 5.73 Å². The molecular formula is C18H17ClN2. The normalized spacial score (nSPS) is 14.0. The Bertz CT molecular complexity index is 776. The number of nitrogens with two attached hydrogens (primary N) is 1. The number of benzene rings is 2. The fourth-order valence-corrected chi connectivity index (χ4v) is 2.84.